The molecule has 0 spiro atoms. The number of aromatic nitrogens is 3. The monoisotopic (exact) mass is 421 g/mol. The zero-order valence-corrected chi connectivity index (χ0v) is 16.8. The number of piperidine rings is 1. The van der Waals surface area contributed by atoms with Gasteiger partial charge in [0.2, 0.25) is 5.82 Å². The minimum absolute atomic E-state index is 0.153. The summed E-state index contributed by atoms with van der Waals surface area (Å²) in [4.78, 5) is 23.9. The number of hydrogen-bond donors (Lipinski definition) is 1. The number of amides is 1. The van der Waals surface area contributed by atoms with Crippen LogP contribution in [0.2, 0.25) is 0 Å². The summed E-state index contributed by atoms with van der Waals surface area (Å²) in [6.45, 7) is 1.04. The lowest BCUT2D eigenvalue weighted by molar-refractivity contribution is -0.0567. The van der Waals surface area contributed by atoms with E-state index in [1.807, 2.05) is 53.4 Å². The molecule has 158 valence electrons. The zero-order valence-electron chi connectivity index (χ0n) is 16.8. The first-order chi connectivity index (χ1) is 15.0. The van der Waals surface area contributed by atoms with E-state index in [4.69, 9.17) is 0 Å². The largest absolute Gasteiger partial charge is 0.304 e. The summed E-state index contributed by atoms with van der Waals surface area (Å²) in [5.41, 5.74) is 1.49. The number of carbonyl (C=O) groups excluding carboxylic acids is 1. The lowest BCUT2D eigenvalue weighted by atomic mass is 10.1. The molecule has 8 heteroatoms. The Hall–Kier alpha value is -3.39. The second-order valence-electron chi connectivity index (χ2n) is 7.84. The quantitative estimate of drug-likeness (QED) is 0.532. The number of nitrogens with one attached hydrogen (secondary N) is 1. The van der Waals surface area contributed by atoms with Gasteiger partial charge in [-0.05, 0) is 23.6 Å². The summed E-state index contributed by atoms with van der Waals surface area (Å²) >= 11 is 0. The highest BCUT2D eigenvalue weighted by Crippen LogP contribution is 2.29. The van der Waals surface area contributed by atoms with Gasteiger partial charge in [0.1, 0.15) is 5.82 Å². The number of rotatable bonds is 4. The normalized spacial score (nSPS) is 16.6. The molecule has 4 aromatic rings. The number of fused-ring (bicyclic) bond motifs is 2. The van der Waals surface area contributed by atoms with Crippen LogP contribution in [0.4, 0.5) is 14.6 Å². The van der Waals surface area contributed by atoms with Gasteiger partial charge in [0.25, 0.3) is 11.8 Å². The van der Waals surface area contributed by atoms with Crippen LogP contribution in [0.3, 0.4) is 0 Å². The fourth-order valence-corrected chi connectivity index (χ4v) is 3.95. The number of pyridine rings is 2. The molecule has 31 heavy (non-hydrogen) atoms. The Balaban J connectivity index is 1.40. The number of carbonyl (C=O) groups is 1. The van der Waals surface area contributed by atoms with Gasteiger partial charge in [-0.25, -0.2) is 18.7 Å². The Kier molecular flexibility index (Phi) is 4.86. The van der Waals surface area contributed by atoms with Gasteiger partial charge in [-0.3, -0.25) is 14.1 Å². The zero-order chi connectivity index (χ0) is 21.4. The summed E-state index contributed by atoms with van der Waals surface area (Å²) in [6, 6.07) is 15.2. The summed E-state index contributed by atoms with van der Waals surface area (Å²) < 4.78 is 28.7. The molecule has 0 atom stereocenters. The molecule has 1 N–H and O–H groups in total. The SMILES string of the molecule is O=C(Nc1cc2ccccc2cn1)c1nc(CN2CCC(F)(F)CC2)c2ccccn12. The molecule has 0 saturated carbocycles. The van der Waals surface area contributed by atoms with Gasteiger partial charge in [0.15, 0.2) is 0 Å². The van der Waals surface area contributed by atoms with Crippen molar-refractivity contribution in [3.8, 4) is 0 Å². The topological polar surface area (TPSA) is 62.5 Å². The molecule has 0 radical (unpaired) electrons. The van der Waals surface area contributed by atoms with Gasteiger partial charge in [-0.15, -0.1) is 0 Å². The van der Waals surface area contributed by atoms with Crippen molar-refractivity contribution >= 4 is 28.0 Å². The molecule has 3 aromatic heterocycles. The molecule has 0 bridgehead atoms. The first kappa shape index (κ1) is 19.6. The van der Waals surface area contributed by atoms with E-state index in [9.17, 15) is 13.6 Å². The molecule has 1 aromatic carbocycles. The Bertz CT molecular complexity index is 1260. The van der Waals surface area contributed by atoms with Crippen LogP contribution in [0.25, 0.3) is 16.3 Å². The third-order valence-corrected chi connectivity index (χ3v) is 5.66. The predicted molar refractivity (Wildman–Crippen MR) is 114 cm³/mol. The fraction of sp³-hybridized carbons (Fsp3) is 0.261. The van der Waals surface area contributed by atoms with Crippen molar-refractivity contribution in [2.45, 2.75) is 25.3 Å². The van der Waals surface area contributed by atoms with E-state index in [1.165, 1.54) is 0 Å². The first-order valence-corrected chi connectivity index (χ1v) is 10.2. The maximum Gasteiger partial charge on any atom is 0.293 e. The van der Waals surface area contributed by atoms with Crippen LogP contribution >= 0.6 is 0 Å². The van der Waals surface area contributed by atoms with E-state index < -0.39 is 5.92 Å². The Labute approximate surface area is 177 Å². The Morgan fingerprint density at radius 1 is 1.06 bits per heavy atom. The van der Waals surface area contributed by atoms with Gasteiger partial charge in [-0.2, -0.15) is 0 Å². The van der Waals surface area contributed by atoms with E-state index in [1.54, 1.807) is 16.8 Å². The van der Waals surface area contributed by atoms with Crippen molar-refractivity contribution in [3.63, 3.8) is 0 Å². The van der Waals surface area contributed by atoms with Crippen LogP contribution < -0.4 is 5.32 Å². The average molecular weight is 421 g/mol. The number of alkyl halides is 2. The van der Waals surface area contributed by atoms with Crippen molar-refractivity contribution in [3.05, 3.63) is 72.4 Å². The number of imidazole rings is 1. The highest BCUT2D eigenvalue weighted by Gasteiger charge is 2.34. The minimum atomic E-state index is -2.59. The summed E-state index contributed by atoms with van der Waals surface area (Å²) in [7, 11) is 0. The van der Waals surface area contributed by atoms with E-state index >= 15 is 0 Å². The molecule has 0 unspecified atom stereocenters. The molecule has 1 fully saturated rings. The molecular formula is C23H21F2N5O. The van der Waals surface area contributed by atoms with E-state index in [0.717, 1.165) is 16.3 Å². The van der Waals surface area contributed by atoms with Crippen molar-refractivity contribution in [1.29, 1.82) is 0 Å². The molecule has 0 aliphatic carbocycles. The number of likely N-dealkylation sites (tertiary alicyclic amines) is 1. The second kappa shape index (κ2) is 7.70. The number of hydrogen-bond acceptors (Lipinski definition) is 4. The highest BCUT2D eigenvalue weighted by molar-refractivity contribution is 6.03. The second-order valence-corrected chi connectivity index (χ2v) is 7.84. The highest BCUT2D eigenvalue weighted by atomic mass is 19.3. The van der Waals surface area contributed by atoms with E-state index in [0.29, 0.717) is 31.1 Å². The molecule has 1 aliphatic rings. The Morgan fingerprint density at radius 2 is 1.81 bits per heavy atom. The number of benzene rings is 1. The van der Waals surface area contributed by atoms with Crippen LogP contribution in [0.1, 0.15) is 29.2 Å². The number of halogens is 2. The van der Waals surface area contributed by atoms with Gasteiger partial charge >= 0.3 is 0 Å². The Morgan fingerprint density at radius 3 is 2.61 bits per heavy atom. The van der Waals surface area contributed by atoms with Gasteiger partial charge in [0, 0.05) is 50.3 Å². The molecule has 5 rings (SSSR count). The van der Waals surface area contributed by atoms with Crippen LogP contribution in [-0.4, -0.2) is 44.2 Å². The average Bonchev–Trinajstić information content (AvgIpc) is 3.14. The molecule has 1 aliphatic heterocycles. The third kappa shape index (κ3) is 3.98. The predicted octanol–water partition coefficient (Wildman–Crippen LogP) is 4.37. The fourth-order valence-electron chi connectivity index (χ4n) is 3.95. The lowest BCUT2D eigenvalue weighted by Gasteiger charge is -2.31. The van der Waals surface area contributed by atoms with Crippen molar-refractivity contribution in [2.24, 2.45) is 0 Å². The maximum atomic E-state index is 13.5. The number of nitrogens with zero attached hydrogens (tertiary/aromatic N) is 4. The smallest absolute Gasteiger partial charge is 0.293 e. The maximum absolute atomic E-state index is 13.5. The lowest BCUT2D eigenvalue weighted by Crippen LogP contribution is -2.38. The summed E-state index contributed by atoms with van der Waals surface area (Å²) in [5.74, 6) is -2.29. The number of anilines is 1. The van der Waals surface area contributed by atoms with Crippen molar-refractivity contribution in [2.75, 3.05) is 18.4 Å². The standard InChI is InChI=1S/C23H21F2N5O/c24-23(25)8-11-29(12-9-23)15-18-19-7-3-4-10-30(19)21(27-18)22(31)28-20-13-16-5-1-2-6-17(16)14-26-20/h1-7,10,13-14H,8-9,11-12,15H2,(H,26,28,31). The van der Waals surface area contributed by atoms with Crippen LogP contribution in [0, 0.1) is 0 Å². The van der Waals surface area contributed by atoms with Crippen molar-refractivity contribution < 1.29 is 13.6 Å². The van der Waals surface area contributed by atoms with Crippen LogP contribution in [0.5, 0.6) is 0 Å². The third-order valence-electron chi connectivity index (χ3n) is 5.66. The van der Waals surface area contributed by atoms with E-state index in [-0.39, 0.29) is 24.6 Å². The van der Waals surface area contributed by atoms with Gasteiger partial charge in [0.05, 0.1) is 11.2 Å². The molecule has 1 saturated heterocycles. The van der Waals surface area contributed by atoms with E-state index in [2.05, 4.69) is 15.3 Å². The molecule has 4 heterocycles. The van der Waals surface area contributed by atoms with Crippen LogP contribution in [-0.2, 0) is 6.54 Å². The molecular weight excluding hydrogens is 400 g/mol. The molecule has 6 nitrogen and oxygen atoms in total. The minimum Gasteiger partial charge on any atom is -0.304 e. The van der Waals surface area contributed by atoms with Gasteiger partial charge in [-0.1, -0.05) is 30.3 Å². The summed E-state index contributed by atoms with van der Waals surface area (Å²) in [5, 5.41) is 4.79. The van der Waals surface area contributed by atoms with Crippen molar-refractivity contribution in [1.82, 2.24) is 19.3 Å². The first-order valence-electron chi connectivity index (χ1n) is 10.2. The van der Waals surface area contributed by atoms with Gasteiger partial charge < -0.3 is 5.32 Å². The van der Waals surface area contributed by atoms with Crippen LogP contribution in [0.15, 0.2) is 60.9 Å². The summed E-state index contributed by atoms with van der Waals surface area (Å²) in [6.07, 6.45) is 3.19. The molecule has 1 amide bonds.